The second-order valence-corrected chi connectivity index (χ2v) is 5.02. The molecule has 0 radical (unpaired) electrons. The predicted molar refractivity (Wildman–Crippen MR) is 63.8 cm³/mol. The van der Waals surface area contributed by atoms with E-state index < -0.39 is 17.4 Å². The van der Waals surface area contributed by atoms with Gasteiger partial charge < -0.3 is 10.2 Å². The van der Waals surface area contributed by atoms with Gasteiger partial charge in [0.1, 0.15) is 0 Å². The molecular weight excluding hydrogens is 220 g/mol. The molecule has 0 amide bonds. The first-order valence-electron chi connectivity index (χ1n) is 6.52. The normalized spacial score (nSPS) is 17.9. The van der Waals surface area contributed by atoms with E-state index in [1.165, 1.54) is 0 Å². The van der Waals surface area contributed by atoms with E-state index in [9.17, 15) is 19.8 Å². The predicted octanol–water partition coefficient (Wildman–Crippen LogP) is 2.91. The quantitative estimate of drug-likeness (QED) is 0.702. The molecule has 1 rings (SSSR count). The number of carboxylic acid groups (broad SMARTS) is 2. The minimum Gasteiger partial charge on any atom is -0.480 e. The summed E-state index contributed by atoms with van der Waals surface area (Å²) in [5.74, 6) is -2.49. The molecule has 1 aliphatic rings. The van der Waals surface area contributed by atoms with Gasteiger partial charge in [0.15, 0.2) is 5.41 Å². The third-order valence-corrected chi connectivity index (χ3v) is 3.99. The van der Waals surface area contributed by atoms with Gasteiger partial charge in [-0.3, -0.25) is 9.59 Å². The average molecular weight is 242 g/mol. The first-order valence-corrected chi connectivity index (χ1v) is 6.52. The van der Waals surface area contributed by atoms with E-state index in [-0.39, 0.29) is 12.3 Å². The summed E-state index contributed by atoms with van der Waals surface area (Å²) in [6.07, 6.45) is 6.24. The summed E-state index contributed by atoms with van der Waals surface area (Å²) in [5.41, 5.74) is -1.55. The number of carbonyl (C=O) groups is 2. The SMILES string of the molecule is CCCCC(C(=O)O)(C(=O)O)C1CCCCC1. The summed E-state index contributed by atoms with van der Waals surface area (Å²) in [6.45, 7) is 1.95. The van der Waals surface area contributed by atoms with Gasteiger partial charge in [-0.25, -0.2) is 0 Å². The Bertz CT molecular complexity index is 265. The maximum atomic E-state index is 11.5. The Morgan fingerprint density at radius 3 is 2.06 bits per heavy atom. The van der Waals surface area contributed by atoms with E-state index in [0.717, 1.165) is 38.5 Å². The minimum absolute atomic E-state index is 0.196. The fraction of sp³-hybridized carbons (Fsp3) is 0.846. The second-order valence-electron chi connectivity index (χ2n) is 5.02. The molecule has 0 unspecified atom stereocenters. The highest BCUT2D eigenvalue weighted by atomic mass is 16.4. The Labute approximate surface area is 102 Å². The highest BCUT2D eigenvalue weighted by molar-refractivity contribution is 5.98. The minimum atomic E-state index is -1.55. The number of carboxylic acids is 2. The van der Waals surface area contributed by atoms with Crippen molar-refractivity contribution in [1.29, 1.82) is 0 Å². The van der Waals surface area contributed by atoms with Crippen LogP contribution in [0.25, 0.3) is 0 Å². The molecule has 0 aromatic carbocycles. The molecule has 4 nitrogen and oxygen atoms in total. The molecule has 0 aromatic rings. The molecule has 2 N–H and O–H groups in total. The summed E-state index contributed by atoms with van der Waals surface area (Å²) < 4.78 is 0. The van der Waals surface area contributed by atoms with Gasteiger partial charge in [0.25, 0.3) is 0 Å². The summed E-state index contributed by atoms with van der Waals surface area (Å²) >= 11 is 0. The molecule has 0 spiro atoms. The third-order valence-electron chi connectivity index (χ3n) is 3.99. The van der Waals surface area contributed by atoms with Crippen LogP contribution in [-0.2, 0) is 9.59 Å². The second kappa shape index (κ2) is 6.03. The average Bonchev–Trinajstić information content (AvgIpc) is 2.30. The molecule has 0 bridgehead atoms. The molecular formula is C13H22O4. The summed E-state index contributed by atoms with van der Waals surface area (Å²) in [7, 11) is 0. The first kappa shape index (κ1) is 14.0. The van der Waals surface area contributed by atoms with Crippen LogP contribution in [0.1, 0.15) is 58.3 Å². The van der Waals surface area contributed by atoms with Crippen LogP contribution in [0.2, 0.25) is 0 Å². The van der Waals surface area contributed by atoms with Crippen molar-refractivity contribution < 1.29 is 19.8 Å². The fourth-order valence-corrected chi connectivity index (χ4v) is 2.91. The molecule has 17 heavy (non-hydrogen) atoms. The van der Waals surface area contributed by atoms with Crippen LogP contribution in [0.5, 0.6) is 0 Å². The van der Waals surface area contributed by atoms with Gasteiger partial charge in [0, 0.05) is 0 Å². The van der Waals surface area contributed by atoms with E-state index in [0.29, 0.717) is 6.42 Å². The van der Waals surface area contributed by atoms with E-state index in [1.807, 2.05) is 6.92 Å². The van der Waals surface area contributed by atoms with Crippen molar-refractivity contribution in [3.05, 3.63) is 0 Å². The topological polar surface area (TPSA) is 74.6 Å². The van der Waals surface area contributed by atoms with Crippen LogP contribution in [0.15, 0.2) is 0 Å². The molecule has 1 fully saturated rings. The van der Waals surface area contributed by atoms with E-state index in [4.69, 9.17) is 0 Å². The standard InChI is InChI=1S/C13H22O4/c1-2-3-9-13(11(14)15,12(16)17)10-7-5-4-6-8-10/h10H,2-9H2,1H3,(H,14,15)(H,16,17). The molecule has 0 aromatic heterocycles. The van der Waals surface area contributed by atoms with Gasteiger partial charge in [-0.15, -0.1) is 0 Å². The molecule has 1 aliphatic carbocycles. The van der Waals surface area contributed by atoms with Gasteiger partial charge in [0.05, 0.1) is 0 Å². The Hall–Kier alpha value is -1.06. The van der Waals surface area contributed by atoms with Gasteiger partial charge >= 0.3 is 11.9 Å². The fourth-order valence-electron chi connectivity index (χ4n) is 2.91. The van der Waals surface area contributed by atoms with Crippen molar-refractivity contribution in [2.75, 3.05) is 0 Å². The molecule has 0 saturated heterocycles. The van der Waals surface area contributed by atoms with E-state index >= 15 is 0 Å². The van der Waals surface area contributed by atoms with Gasteiger partial charge in [0.2, 0.25) is 0 Å². The largest absolute Gasteiger partial charge is 0.480 e. The lowest BCUT2D eigenvalue weighted by Gasteiger charge is -2.36. The lowest BCUT2D eigenvalue weighted by Crippen LogP contribution is -2.46. The number of rotatable bonds is 6. The highest BCUT2D eigenvalue weighted by Crippen LogP contribution is 2.42. The number of aliphatic carboxylic acids is 2. The van der Waals surface area contributed by atoms with Crippen LogP contribution < -0.4 is 0 Å². The Balaban J connectivity index is 2.95. The molecule has 0 atom stereocenters. The highest BCUT2D eigenvalue weighted by Gasteiger charge is 2.52. The summed E-state index contributed by atoms with van der Waals surface area (Å²) in [4.78, 5) is 23.0. The summed E-state index contributed by atoms with van der Waals surface area (Å²) in [5, 5.41) is 18.8. The van der Waals surface area contributed by atoms with E-state index in [2.05, 4.69) is 0 Å². The molecule has 0 aliphatic heterocycles. The first-order chi connectivity index (χ1) is 8.05. The summed E-state index contributed by atoms with van der Waals surface area (Å²) in [6, 6.07) is 0. The molecule has 4 heteroatoms. The monoisotopic (exact) mass is 242 g/mol. The number of hydrogen-bond acceptors (Lipinski definition) is 2. The zero-order valence-electron chi connectivity index (χ0n) is 10.4. The lowest BCUT2D eigenvalue weighted by atomic mass is 9.66. The molecule has 0 heterocycles. The molecule has 98 valence electrons. The van der Waals surface area contributed by atoms with Crippen molar-refractivity contribution in [3.8, 4) is 0 Å². The van der Waals surface area contributed by atoms with Gasteiger partial charge in [-0.1, -0.05) is 39.0 Å². The maximum Gasteiger partial charge on any atom is 0.321 e. The van der Waals surface area contributed by atoms with Crippen LogP contribution in [-0.4, -0.2) is 22.2 Å². The Morgan fingerprint density at radius 2 is 1.65 bits per heavy atom. The Kier molecular flexibility index (Phi) is 4.97. The third kappa shape index (κ3) is 2.79. The lowest BCUT2D eigenvalue weighted by molar-refractivity contribution is -0.171. The molecule has 1 saturated carbocycles. The number of hydrogen-bond donors (Lipinski definition) is 2. The van der Waals surface area contributed by atoms with Crippen LogP contribution in [0.4, 0.5) is 0 Å². The number of unbranched alkanes of at least 4 members (excludes halogenated alkanes) is 1. The van der Waals surface area contributed by atoms with Gasteiger partial charge in [-0.05, 0) is 25.2 Å². The zero-order chi connectivity index (χ0) is 12.9. The van der Waals surface area contributed by atoms with Crippen molar-refractivity contribution in [1.82, 2.24) is 0 Å². The van der Waals surface area contributed by atoms with Crippen molar-refractivity contribution >= 4 is 11.9 Å². The van der Waals surface area contributed by atoms with Crippen LogP contribution in [0.3, 0.4) is 0 Å². The smallest absolute Gasteiger partial charge is 0.321 e. The zero-order valence-corrected chi connectivity index (χ0v) is 10.4. The maximum absolute atomic E-state index is 11.5. The van der Waals surface area contributed by atoms with Crippen molar-refractivity contribution in [2.45, 2.75) is 58.3 Å². The Morgan fingerprint density at radius 1 is 1.12 bits per heavy atom. The van der Waals surface area contributed by atoms with Crippen molar-refractivity contribution in [3.63, 3.8) is 0 Å². The van der Waals surface area contributed by atoms with Crippen LogP contribution >= 0.6 is 0 Å². The van der Waals surface area contributed by atoms with E-state index in [1.54, 1.807) is 0 Å². The van der Waals surface area contributed by atoms with Crippen LogP contribution in [0, 0.1) is 11.3 Å². The van der Waals surface area contributed by atoms with Gasteiger partial charge in [-0.2, -0.15) is 0 Å². The van der Waals surface area contributed by atoms with Crippen molar-refractivity contribution in [2.24, 2.45) is 11.3 Å².